The van der Waals surface area contributed by atoms with E-state index in [0.717, 1.165) is 23.3 Å². The van der Waals surface area contributed by atoms with Crippen LogP contribution in [0.4, 0.5) is 11.4 Å². The van der Waals surface area contributed by atoms with Crippen LogP contribution < -0.4 is 9.64 Å². The lowest BCUT2D eigenvalue weighted by atomic mass is 9.85. The number of anilines is 1. The van der Waals surface area contributed by atoms with E-state index in [9.17, 15) is 19.7 Å². The van der Waals surface area contributed by atoms with Gasteiger partial charge in [-0.15, -0.1) is 0 Å². The highest BCUT2D eigenvalue weighted by molar-refractivity contribution is 6.07. The number of nitrogens with zero attached hydrogens (tertiary/aromatic N) is 5. The zero-order chi connectivity index (χ0) is 23.3. The van der Waals surface area contributed by atoms with Crippen LogP contribution in [0.1, 0.15) is 12.0 Å². The van der Waals surface area contributed by atoms with E-state index in [-0.39, 0.29) is 47.1 Å². The Hall–Kier alpha value is -4.08. The van der Waals surface area contributed by atoms with Gasteiger partial charge < -0.3 is 9.64 Å². The number of allylic oxidation sites excluding steroid dienone is 2. The molecule has 168 valence electrons. The minimum Gasteiger partial charge on any atom is -0.438 e. The van der Waals surface area contributed by atoms with Gasteiger partial charge in [0.2, 0.25) is 5.88 Å². The van der Waals surface area contributed by atoms with E-state index < -0.39 is 4.92 Å². The first-order valence-corrected chi connectivity index (χ1v) is 10.5. The van der Waals surface area contributed by atoms with E-state index in [0.29, 0.717) is 11.3 Å². The van der Waals surface area contributed by atoms with Gasteiger partial charge in [0.25, 0.3) is 17.5 Å². The van der Waals surface area contributed by atoms with E-state index >= 15 is 0 Å². The highest BCUT2D eigenvalue weighted by atomic mass is 16.6. The molecular weight excluding hydrogens is 426 g/mol. The van der Waals surface area contributed by atoms with Crippen molar-refractivity contribution in [2.45, 2.75) is 6.42 Å². The van der Waals surface area contributed by atoms with Gasteiger partial charge in [-0.2, -0.15) is 10.1 Å². The molecule has 0 spiro atoms. The Balaban J connectivity index is 1.42. The number of hydrogen-bond acceptors (Lipinski definition) is 8. The van der Waals surface area contributed by atoms with Gasteiger partial charge in [-0.3, -0.25) is 19.7 Å². The van der Waals surface area contributed by atoms with Crippen molar-refractivity contribution >= 4 is 29.4 Å². The largest absolute Gasteiger partial charge is 0.438 e. The van der Waals surface area contributed by atoms with Gasteiger partial charge in [-0.25, -0.2) is 4.98 Å². The second-order valence-corrected chi connectivity index (χ2v) is 8.56. The van der Waals surface area contributed by atoms with Crippen LogP contribution in [0.5, 0.6) is 11.6 Å². The number of carbonyl (C=O) groups is 2. The van der Waals surface area contributed by atoms with Crippen molar-refractivity contribution in [3.05, 3.63) is 64.4 Å². The highest BCUT2D eigenvalue weighted by Gasteiger charge is 2.59. The third kappa shape index (κ3) is 3.53. The Morgan fingerprint density at radius 2 is 1.85 bits per heavy atom. The molecule has 1 aromatic carbocycles. The number of pyridine rings is 1. The molecule has 2 aliphatic carbocycles. The van der Waals surface area contributed by atoms with Gasteiger partial charge in [0.1, 0.15) is 11.9 Å². The quantitative estimate of drug-likeness (QED) is 0.220. The Kier molecular flexibility index (Phi) is 4.92. The first kappa shape index (κ1) is 20.8. The summed E-state index contributed by atoms with van der Waals surface area (Å²) in [4.78, 5) is 41.9. The summed E-state index contributed by atoms with van der Waals surface area (Å²) in [6.45, 7) is 0. The third-order valence-electron chi connectivity index (χ3n) is 6.42. The summed E-state index contributed by atoms with van der Waals surface area (Å²) in [5.74, 6) is -0.387. The number of ether oxygens (including phenoxy) is 1. The molecule has 10 nitrogen and oxygen atoms in total. The summed E-state index contributed by atoms with van der Waals surface area (Å²) in [6.07, 6.45) is 7.46. The van der Waals surface area contributed by atoms with Gasteiger partial charge in [0, 0.05) is 43.5 Å². The van der Waals surface area contributed by atoms with Crippen LogP contribution in [0.15, 0.2) is 53.8 Å². The van der Waals surface area contributed by atoms with E-state index in [1.165, 1.54) is 18.3 Å². The summed E-state index contributed by atoms with van der Waals surface area (Å²) in [6, 6.07) is 8.07. The number of aromatic nitrogens is 1. The highest BCUT2D eigenvalue weighted by Crippen LogP contribution is 2.52. The number of carbonyl (C=O) groups excluding carboxylic acids is 2. The molecule has 33 heavy (non-hydrogen) atoms. The first-order valence-electron chi connectivity index (χ1n) is 10.5. The van der Waals surface area contributed by atoms with E-state index in [4.69, 9.17) is 4.74 Å². The topological polar surface area (TPSA) is 118 Å². The molecule has 2 amide bonds. The smallest absolute Gasteiger partial charge is 0.287 e. The number of fused-ring (bicyclic) bond motifs is 5. The molecule has 2 bridgehead atoms. The Morgan fingerprint density at radius 1 is 1.15 bits per heavy atom. The van der Waals surface area contributed by atoms with Crippen LogP contribution >= 0.6 is 0 Å². The molecule has 2 aromatic rings. The van der Waals surface area contributed by atoms with Crippen molar-refractivity contribution in [1.29, 1.82) is 0 Å². The molecule has 4 unspecified atom stereocenters. The Morgan fingerprint density at radius 3 is 2.42 bits per heavy atom. The molecule has 2 fully saturated rings. The van der Waals surface area contributed by atoms with Crippen molar-refractivity contribution in [1.82, 2.24) is 9.99 Å². The molecule has 3 aliphatic rings. The van der Waals surface area contributed by atoms with Gasteiger partial charge in [0.15, 0.2) is 0 Å². The summed E-state index contributed by atoms with van der Waals surface area (Å²) in [7, 11) is 3.75. The summed E-state index contributed by atoms with van der Waals surface area (Å²) in [5.41, 5.74) is 1.22. The number of hydrazone groups is 1. The average Bonchev–Trinajstić information content (AvgIpc) is 3.47. The minimum atomic E-state index is -0.539. The maximum Gasteiger partial charge on any atom is 0.287 e. The van der Waals surface area contributed by atoms with Crippen LogP contribution in [0, 0.1) is 33.8 Å². The van der Waals surface area contributed by atoms with E-state index in [2.05, 4.69) is 10.1 Å². The van der Waals surface area contributed by atoms with Crippen molar-refractivity contribution in [3.63, 3.8) is 0 Å². The van der Waals surface area contributed by atoms with Gasteiger partial charge >= 0.3 is 0 Å². The van der Waals surface area contributed by atoms with Gasteiger partial charge in [-0.1, -0.05) is 12.2 Å². The Bertz CT molecular complexity index is 1180. The lowest BCUT2D eigenvalue weighted by molar-refractivity contribution is -0.385. The molecule has 4 atom stereocenters. The number of amides is 2. The molecule has 2 heterocycles. The molecule has 10 heteroatoms. The number of nitro groups is 1. The van der Waals surface area contributed by atoms with Crippen LogP contribution in [-0.2, 0) is 9.59 Å². The fourth-order valence-corrected chi connectivity index (χ4v) is 4.77. The Labute approximate surface area is 189 Å². The van der Waals surface area contributed by atoms with Crippen molar-refractivity contribution in [2.75, 3.05) is 19.0 Å². The predicted octanol–water partition coefficient (Wildman–Crippen LogP) is 2.99. The molecule has 0 N–H and O–H groups in total. The van der Waals surface area contributed by atoms with Crippen LogP contribution in [0.3, 0.4) is 0 Å². The fourth-order valence-electron chi connectivity index (χ4n) is 4.77. The molecule has 1 saturated carbocycles. The second kappa shape index (κ2) is 7.80. The standard InChI is InChI=1S/C23H21N5O5/c1-26(2)16-6-5-15(18(10-16)33-19-8-7-17(12-24-19)28(31)32)11-25-27-22(29)20-13-3-4-14(9-13)21(20)23(27)30/h3-8,10-14,20-21H,9H2,1-2H3. The lowest BCUT2D eigenvalue weighted by Gasteiger charge is -2.16. The molecule has 1 aromatic heterocycles. The van der Waals surface area contributed by atoms with Crippen LogP contribution in [0.2, 0.25) is 0 Å². The maximum absolute atomic E-state index is 12.9. The van der Waals surface area contributed by atoms with E-state index in [1.807, 2.05) is 37.2 Å². The van der Waals surface area contributed by atoms with E-state index in [1.54, 1.807) is 12.1 Å². The van der Waals surface area contributed by atoms with Crippen molar-refractivity contribution in [3.8, 4) is 11.6 Å². The van der Waals surface area contributed by atoms with Crippen LogP contribution in [0.25, 0.3) is 0 Å². The second-order valence-electron chi connectivity index (χ2n) is 8.56. The van der Waals surface area contributed by atoms with Crippen molar-refractivity contribution < 1.29 is 19.2 Å². The van der Waals surface area contributed by atoms with Gasteiger partial charge in [-0.05, 0) is 30.4 Å². The summed E-state index contributed by atoms with van der Waals surface area (Å²) >= 11 is 0. The van der Waals surface area contributed by atoms with Crippen LogP contribution in [-0.4, -0.2) is 47.0 Å². The fraction of sp³-hybridized carbons (Fsp3) is 0.304. The number of hydrogen-bond donors (Lipinski definition) is 0. The molecular formula is C23H21N5O5. The molecule has 5 rings (SSSR count). The molecule has 0 radical (unpaired) electrons. The predicted molar refractivity (Wildman–Crippen MR) is 119 cm³/mol. The number of benzene rings is 1. The summed E-state index contributed by atoms with van der Waals surface area (Å²) < 4.78 is 5.87. The summed E-state index contributed by atoms with van der Waals surface area (Å²) in [5, 5.41) is 16.1. The SMILES string of the molecule is CN(C)c1ccc(C=NN2C(=O)C3C4C=CC(C4)C3C2=O)c(Oc2ccc([N+](=O)[O-])cn2)c1. The van der Waals surface area contributed by atoms with Gasteiger partial charge in [0.05, 0.1) is 23.0 Å². The first-order chi connectivity index (χ1) is 15.8. The minimum absolute atomic E-state index is 0.114. The molecule has 1 aliphatic heterocycles. The average molecular weight is 447 g/mol. The third-order valence-corrected chi connectivity index (χ3v) is 6.42. The van der Waals surface area contributed by atoms with Crippen molar-refractivity contribution in [2.24, 2.45) is 28.8 Å². The number of rotatable bonds is 6. The zero-order valence-electron chi connectivity index (χ0n) is 18.0. The monoisotopic (exact) mass is 447 g/mol. The molecule has 1 saturated heterocycles. The maximum atomic E-state index is 12.9. The zero-order valence-corrected chi connectivity index (χ0v) is 18.0. The lowest BCUT2D eigenvalue weighted by Crippen LogP contribution is -2.28. The normalized spacial score (nSPS) is 25.2. The number of imide groups is 1.